The Morgan fingerprint density at radius 1 is 1.67 bits per heavy atom. The summed E-state index contributed by atoms with van der Waals surface area (Å²) in [5.41, 5.74) is 1.26. The number of nitrogens with zero attached hydrogens (tertiary/aromatic N) is 3. The Morgan fingerprint density at radius 2 is 2.52 bits per heavy atom. The van der Waals surface area contributed by atoms with E-state index in [0.29, 0.717) is 38.5 Å². The molecule has 1 aliphatic rings. The summed E-state index contributed by atoms with van der Waals surface area (Å²) in [6.07, 6.45) is 2.51. The van der Waals surface area contributed by atoms with E-state index in [9.17, 15) is 4.79 Å². The van der Waals surface area contributed by atoms with Crippen LogP contribution >= 0.6 is 0 Å². The maximum Gasteiger partial charge on any atom is 0.239 e. The molecule has 0 saturated carbocycles. The van der Waals surface area contributed by atoms with E-state index in [-0.39, 0.29) is 11.9 Å². The van der Waals surface area contributed by atoms with Gasteiger partial charge in [0.1, 0.15) is 17.8 Å². The molecule has 1 aliphatic heterocycles. The zero-order valence-corrected chi connectivity index (χ0v) is 12.2. The third-order valence-corrected chi connectivity index (χ3v) is 3.46. The van der Waals surface area contributed by atoms with Crippen molar-refractivity contribution in [2.45, 2.75) is 25.9 Å². The van der Waals surface area contributed by atoms with Crippen LogP contribution in [0, 0.1) is 11.3 Å². The number of ether oxygens (including phenoxy) is 1. The van der Waals surface area contributed by atoms with Crippen LogP contribution in [0.1, 0.15) is 24.6 Å². The largest absolute Gasteiger partial charge is 0.378 e. The number of nitrogens with one attached hydrogen (secondary N) is 1. The van der Waals surface area contributed by atoms with Gasteiger partial charge in [0, 0.05) is 31.4 Å². The average molecular weight is 288 g/mol. The lowest BCUT2D eigenvalue weighted by Crippen LogP contribution is -2.53. The molecule has 1 fully saturated rings. The first-order chi connectivity index (χ1) is 10.3. The van der Waals surface area contributed by atoms with Crippen LogP contribution in [-0.2, 0) is 16.1 Å². The van der Waals surface area contributed by atoms with Gasteiger partial charge >= 0.3 is 0 Å². The van der Waals surface area contributed by atoms with Crippen molar-refractivity contribution in [3.05, 3.63) is 29.6 Å². The Labute approximate surface area is 124 Å². The fourth-order valence-electron chi connectivity index (χ4n) is 2.32. The topological polar surface area (TPSA) is 78.2 Å². The van der Waals surface area contributed by atoms with Gasteiger partial charge in [0.2, 0.25) is 5.91 Å². The van der Waals surface area contributed by atoms with Gasteiger partial charge in [-0.05, 0) is 12.5 Å². The number of nitriles is 1. The van der Waals surface area contributed by atoms with E-state index in [4.69, 9.17) is 10.00 Å². The molecule has 21 heavy (non-hydrogen) atoms. The van der Waals surface area contributed by atoms with Crippen LogP contribution in [0.5, 0.6) is 0 Å². The van der Waals surface area contributed by atoms with Crippen molar-refractivity contribution < 1.29 is 9.53 Å². The van der Waals surface area contributed by atoms with Crippen LogP contribution in [-0.4, -0.2) is 48.1 Å². The van der Waals surface area contributed by atoms with Crippen molar-refractivity contribution in [1.29, 1.82) is 5.26 Å². The minimum Gasteiger partial charge on any atom is -0.378 e. The van der Waals surface area contributed by atoms with Crippen LogP contribution in [0.25, 0.3) is 0 Å². The van der Waals surface area contributed by atoms with Gasteiger partial charge in [-0.2, -0.15) is 5.26 Å². The number of hydrogen-bond donors (Lipinski definition) is 1. The van der Waals surface area contributed by atoms with Crippen molar-refractivity contribution in [3.8, 4) is 6.07 Å². The van der Waals surface area contributed by atoms with Gasteiger partial charge < -0.3 is 10.1 Å². The number of pyridine rings is 1. The third kappa shape index (κ3) is 4.00. The summed E-state index contributed by atoms with van der Waals surface area (Å²) in [5, 5.41) is 12.0. The zero-order chi connectivity index (χ0) is 15.1. The lowest BCUT2D eigenvalue weighted by atomic mass is 10.1. The molecule has 0 bridgehead atoms. The molecule has 6 nitrogen and oxygen atoms in total. The Kier molecular flexibility index (Phi) is 5.67. The molecule has 112 valence electrons. The quantitative estimate of drug-likeness (QED) is 0.862. The van der Waals surface area contributed by atoms with Gasteiger partial charge in [-0.25, -0.2) is 4.98 Å². The normalized spacial score (nSPS) is 19.0. The molecule has 1 aromatic heterocycles. The number of rotatable bonds is 5. The van der Waals surface area contributed by atoms with Gasteiger partial charge in [-0.3, -0.25) is 9.69 Å². The molecular weight excluding hydrogens is 268 g/mol. The van der Waals surface area contributed by atoms with Crippen LogP contribution in [0.4, 0.5) is 0 Å². The Hall–Kier alpha value is -1.97. The van der Waals surface area contributed by atoms with Crippen molar-refractivity contribution in [2.75, 3.05) is 26.3 Å². The van der Waals surface area contributed by atoms with E-state index in [0.717, 1.165) is 12.0 Å². The first-order valence-corrected chi connectivity index (χ1v) is 7.19. The van der Waals surface area contributed by atoms with E-state index in [2.05, 4.69) is 16.4 Å². The van der Waals surface area contributed by atoms with Gasteiger partial charge in [0.15, 0.2) is 0 Å². The second kappa shape index (κ2) is 7.72. The molecular formula is C15H20N4O2. The van der Waals surface area contributed by atoms with Gasteiger partial charge in [-0.1, -0.05) is 13.0 Å². The predicted molar refractivity (Wildman–Crippen MR) is 77.3 cm³/mol. The number of hydrogen-bond acceptors (Lipinski definition) is 5. The molecule has 2 rings (SSSR count). The van der Waals surface area contributed by atoms with Crippen LogP contribution in [0.2, 0.25) is 0 Å². The first-order valence-electron chi connectivity index (χ1n) is 7.19. The number of morpholine rings is 1. The lowest BCUT2D eigenvalue weighted by molar-refractivity contribution is -0.132. The highest BCUT2D eigenvalue weighted by atomic mass is 16.5. The summed E-state index contributed by atoms with van der Waals surface area (Å²) in [6, 6.07) is 5.47. The monoisotopic (exact) mass is 288 g/mol. The van der Waals surface area contributed by atoms with E-state index < -0.39 is 0 Å². The fourth-order valence-corrected chi connectivity index (χ4v) is 2.32. The molecule has 6 heteroatoms. The van der Waals surface area contributed by atoms with Gasteiger partial charge in [0.25, 0.3) is 0 Å². The maximum atomic E-state index is 12.2. The van der Waals surface area contributed by atoms with E-state index in [1.807, 2.05) is 24.0 Å². The molecule has 1 aromatic rings. The molecule has 1 atom stereocenters. The molecule has 1 N–H and O–H groups in total. The van der Waals surface area contributed by atoms with E-state index in [1.165, 1.54) is 0 Å². The van der Waals surface area contributed by atoms with E-state index >= 15 is 0 Å². The summed E-state index contributed by atoms with van der Waals surface area (Å²) >= 11 is 0. The van der Waals surface area contributed by atoms with Crippen molar-refractivity contribution in [1.82, 2.24) is 15.2 Å². The second-order valence-corrected chi connectivity index (χ2v) is 4.98. The summed E-state index contributed by atoms with van der Waals surface area (Å²) in [4.78, 5) is 18.3. The number of carbonyl (C=O) groups excluding carboxylic acids is 1. The fraction of sp³-hybridized carbons (Fsp3) is 0.533. The summed E-state index contributed by atoms with van der Waals surface area (Å²) in [7, 11) is 0. The van der Waals surface area contributed by atoms with Crippen LogP contribution in [0.15, 0.2) is 18.3 Å². The molecule has 2 heterocycles. The maximum absolute atomic E-state index is 12.2. The SMILES string of the molecule is CCCNC(=O)C1COCCN1Cc1cccnc1C#N. The first kappa shape index (κ1) is 15.4. The summed E-state index contributed by atoms with van der Waals surface area (Å²) in [6.45, 7) is 4.87. The highest BCUT2D eigenvalue weighted by Gasteiger charge is 2.29. The Bertz CT molecular complexity index is 527. The third-order valence-electron chi connectivity index (χ3n) is 3.46. The highest BCUT2D eigenvalue weighted by Crippen LogP contribution is 2.14. The average Bonchev–Trinajstić information content (AvgIpc) is 2.53. The molecule has 1 saturated heterocycles. The molecule has 1 unspecified atom stereocenters. The smallest absolute Gasteiger partial charge is 0.239 e. The standard InChI is InChI=1S/C15H20N4O2/c1-2-5-18-15(20)14-11-21-8-7-19(14)10-12-4-3-6-17-13(12)9-16/h3-4,6,14H,2,5,7-8,10-11H2,1H3,(H,18,20). The number of carbonyl (C=O) groups is 1. The Morgan fingerprint density at radius 3 is 3.29 bits per heavy atom. The second-order valence-electron chi connectivity index (χ2n) is 4.98. The van der Waals surface area contributed by atoms with Crippen LogP contribution < -0.4 is 5.32 Å². The number of amides is 1. The minimum atomic E-state index is -0.308. The Balaban J connectivity index is 2.08. The highest BCUT2D eigenvalue weighted by molar-refractivity contribution is 5.82. The molecule has 0 spiro atoms. The summed E-state index contributed by atoms with van der Waals surface area (Å²) < 4.78 is 5.42. The van der Waals surface area contributed by atoms with Gasteiger partial charge in [-0.15, -0.1) is 0 Å². The molecule has 0 aromatic carbocycles. The zero-order valence-electron chi connectivity index (χ0n) is 12.2. The van der Waals surface area contributed by atoms with Crippen molar-refractivity contribution >= 4 is 5.91 Å². The minimum absolute atomic E-state index is 0.0149. The lowest BCUT2D eigenvalue weighted by Gasteiger charge is -2.34. The van der Waals surface area contributed by atoms with Gasteiger partial charge in [0.05, 0.1) is 13.2 Å². The van der Waals surface area contributed by atoms with Crippen molar-refractivity contribution in [3.63, 3.8) is 0 Å². The number of aromatic nitrogens is 1. The molecule has 1 amide bonds. The molecule has 0 radical (unpaired) electrons. The molecule has 0 aliphatic carbocycles. The van der Waals surface area contributed by atoms with Crippen molar-refractivity contribution in [2.24, 2.45) is 0 Å². The summed E-state index contributed by atoms with van der Waals surface area (Å²) in [5.74, 6) is -0.0149. The predicted octanol–water partition coefficient (Wildman–Crippen LogP) is 0.680. The van der Waals surface area contributed by atoms with E-state index in [1.54, 1.807) is 6.20 Å². The van der Waals surface area contributed by atoms with Crippen LogP contribution in [0.3, 0.4) is 0 Å².